The van der Waals surface area contributed by atoms with Crippen LogP contribution in [0.2, 0.25) is 0 Å². The van der Waals surface area contributed by atoms with Crippen LogP contribution >= 0.6 is 0 Å². The molecule has 2 aromatic carbocycles. The van der Waals surface area contributed by atoms with Crippen LogP contribution in [0.1, 0.15) is 25.3 Å². The molecule has 0 saturated heterocycles. The number of methoxy groups -OCH3 is 1. The van der Waals surface area contributed by atoms with Gasteiger partial charge < -0.3 is 4.74 Å². The lowest BCUT2D eigenvalue weighted by atomic mass is 10.1. The number of ether oxygens (including phenoxy) is 1. The van der Waals surface area contributed by atoms with Crippen molar-refractivity contribution in [3.63, 3.8) is 0 Å². The fourth-order valence-electron chi connectivity index (χ4n) is 2.09. The van der Waals surface area contributed by atoms with Gasteiger partial charge in [0.2, 0.25) is 0 Å². The lowest BCUT2D eigenvalue weighted by molar-refractivity contribution is 0.407. The zero-order valence-electron chi connectivity index (χ0n) is 13.2. The summed E-state index contributed by atoms with van der Waals surface area (Å²) in [5.74, 6) is -3.99. The predicted octanol–water partition coefficient (Wildman–Crippen LogP) is 6.01. The van der Waals surface area contributed by atoms with E-state index < -0.39 is 34.6 Å². The lowest BCUT2D eigenvalue weighted by Gasteiger charge is -2.05. The number of hydrogen-bond donors (Lipinski definition) is 0. The van der Waals surface area contributed by atoms with Gasteiger partial charge in [-0.15, -0.1) is 10.2 Å². The van der Waals surface area contributed by atoms with Crippen LogP contribution in [-0.4, -0.2) is 7.11 Å². The summed E-state index contributed by atoms with van der Waals surface area (Å²) in [6, 6.07) is 4.09. The molecule has 0 atom stereocenters. The minimum atomic E-state index is -1.05. The maximum atomic E-state index is 14.0. The first-order valence-corrected chi connectivity index (χ1v) is 7.39. The number of halogens is 4. The van der Waals surface area contributed by atoms with Crippen molar-refractivity contribution in [3.8, 4) is 5.75 Å². The summed E-state index contributed by atoms with van der Waals surface area (Å²) >= 11 is 0. The summed E-state index contributed by atoms with van der Waals surface area (Å²) in [7, 11) is 1.25. The summed E-state index contributed by atoms with van der Waals surface area (Å²) in [4.78, 5) is 0. The topological polar surface area (TPSA) is 34.0 Å². The molecule has 24 heavy (non-hydrogen) atoms. The quantitative estimate of drug-likeness (QED) is 0.468. The van der Waals surface area contributed by atoms with Gasteiger partial charge >= 0.3 is 0 Å². The molecule has 0 saturated carbocycles. The average molecular weight is 340 g/mol. The van der Waals surface area contributed by atoms with E-state index in [1.165, 1.54) is 7.11 Å². The Morgan fingerprint density at radius 3 is 1.71 bits per heavy atom. The van der Waals surface area contributed by atoms with Crippen LogP contribution in [0.25, 0.3) is 0 Å². The van der Waals surface area contributed by atoms with E-state index in [0.717, 1.165) is 37.1 Å². The summed E-state index contributed by atoms with van der Waals surface area (Å²) in [6.07, 6.45) is 2.21. The second kappa shape index (κ2) is 7.90. The molecule has 0 heterocycles. The van der Waals surface area contributed by atoms with Crippen LogP contribution in [0.15, 0.2) is 34.5 Å². The molecule has 0 radical (unpaired) electrons. The molecule has 3 nitrogen and oxygen atoms in total. The zero-order valence-corrected chi connectivity index (χ0v) is 13.2. The monoisotopic (exact) mass is 340 g/mol. The van der Waals surface area contributed by atoms with Gasteiger partial charge in [-0.25, -0.2) is 17.6 Å². The Labute approximate surface area is 137 Å². The van der Waals surface area contributed by atoms with Crippen molar-refractivity contribution in [2.24, 2.45) is 10.2 Å². The summed E-state index contributed by atoms with van der Waals surface area (Å²) in [5, 5.41) is 6.63. The van der Waals surface area contributed by atoms with Gasteiger partial charge in [-0.05, 0) is 30.5 Å². The minimum absolute atomic E-state index is 0.0402. The second-order valence-electron chi connectivity index (χ2n) is 5.15. The molecule has 0 aliphatic carbocycles. The fraction of sp³-hybridized carbons (Fsp3) is 0.294. The van der Waals surface area contributed by atoms with Gasteiger partial charge in [0.15, 0.2) is 34.6 Å². The molecule has 0 fully saturated rings. The smallest absolute Gasteiger partial charge is 0.157 e. The molecule has 0 aromatic heterocycles. The summed E-state index contributed by atoms with van der Waals surface area (Å²) < 4.78 is 60.1. The van der Waals surface area contributed by atoms with Crippen LogP contribution < -0.4 is 4.74 Å². The lowest BCUT2D eigenvalue weighted by Crippen LogP contribution is -1.91. The van der Waals surface area contributed by atoms with Gasteiger partial charge in [0.05, 0.1) is 7.11 Å². The highest BCUT2D eigenvalue weighted by Crippen LogP contribution is 2.31. The van der Waals surface area contributed by atoms with Crippen LogP contribution in [0.4, 0.5) is 28.9 Å². The van der Waals surface area contributed by atoms with Crippen molar-refractivity contribution in [1.29, 1.82) is 0 Å². The molecule has 7 heteroatoms. The van der Waals surface area contributed by atoms with E-state index in [1.807, 2.05) is 6.92 Å². The van der Waals surface area contributed by atoms with E-state index in [2.05, 4.69) is 10.2 Å². The van der Waals surface area contributed by atoms with Crippen molar-refractivity contribution in [3.05, 3.63) is 53.1 Å². The van der Waals surface area contributed by atoms with Gasteiger partial charge in [-0.1, -0.05) is 13.3 Å². The Hall–Kier alpha value is -2.44. The predicted molar refractivity (Wildman–Crippen MR) is 82.1 cm³/mol. The number of nitrogens with zero attached hydrogens (tertiary/aromatic N) is 2. The average Bonchev–Trinajstić information content (AvgIpc) is 2.53. The van der Waals surface area contributed by atoms with Crippen molar-refractivity contribution in [2.75, 3.05) is 7.11 Å². The maximum Gasteiger partial charge on any atom is 0.157 e. The SMILES string of the molecule is CCCCc1cc(F)c(N=Nc2c(F)cc(OC)cc2F)c(F)c1. The van der Waals surface area contributed by atoms with Crippen molar-refractivity contribution in [1.82, 2.24) is 0 Å². The minimum Gasteiger partial charge on any atom is -0.497 e. The number of azo groups is 1. The van der Waals surface area contributed by atoms with Crippen molar-refractivity contribution < 1.29 is 22.3 Å². The normalized spacial score (nSPS) is 11.2. The standard InChI is InChI=1S/C17H16F4N2O/c1-3-4-5-10-6-12(18)16(13(19)7-10)22-23-17-14(20)8-11(24-2)9-15(17)21/h6-9H,3-5H2,1-2H3. The first kappa shape index (κ1) is 17.9. The van der Waals surface area contributed by atoms with E-state index in [-0.39, 0.29) is 5.75 Å². The van der Waals surface area contributed by atoms with Gasteiger partial charge in [-0.3, -0.25) is 0 Å². The summed E-state index contributed by atoms with van der Waals surface area (Å²) in [6.45, 7) is 1.97. The van der Waals surface area contributed by atoms with Crippen LogP contribution in [0.3, 0.4) is 0 Å². The van der Waals surface area contributed by atoms with Gasteiger partial charge in [0.1, 0.15) is 5.75 Å². The van der Waals surface area contributed by atoms with E-state index >= 15 is 0 Å². The largest absolute Gasteiger partial charge is 0.497 e. The molecule has 0 unspecified atom stereocenters. The van der Waals surface area contributed by atoms with E-state index in [0.29, 0.717) is 12.0 Å². The third-order valence-electron chi connectivity index (χ3n) is 3.37. The van der Waals surface area contributed by atoms with Gasteiger partial charge in [-0.2, -0.15) is 0 Å². The second-order valence-corrected chi connectivity index (χ2v) is 5.15. The molecule has 0 amide bonds. The first-order valence-electron chi connectivity index (χ1n) is 7.39. The molecular formula is C17H16F4N2O. The molecule has 0 aliphatic heterocycles. The number of hydrogen-bond acceptors (Lipinski definition) is 3. The van der Waals surface area contributed by atoms with Crippen molar-refractivity contribution >= 4 is 11.4 Å². The Morgan fingerprint density at radius 2 is 1.29 bits per heavy atom. The maximum absolute atomic E-state index is 14.0. The number of aryl methyl sites for hydroxylation is 1. The Bertz CT molecular complexity index is 716. The highest BCUT2D eigenvalue weighted by molar-refractivity contribution is 5.47. The molecule has 0 spiro atoms. The molecule has 2 rings (SSSR count). The highest BCUT2D eigenvalue weighted by atomic mass is 19.1. The number of unbranched alkanes of at least 4 members (excludes halogenated alkanes) is 1. The molecular weight excluding hydrogens is 324 g/mol. The number of benzene rings is 2. The van der Waals surface area contributed by atoms with E-state index in [1.54, 1.807) is 0 Å². The molecule has 0 bridgehead atoms. The first-order chi connectivity index (χ1) is 11.5. The van der Waals surface area contributed by atoms with Gasteiger partial charge in [0.25, 0.3) is 0 Å². The highest BCUT2D eigenvalue weighted by Gasteiger charge is 2.14. The van der Waals surface area contributed by atoms with E-state index in [9.17, 15) is 17.6 Å². The molecule has 2 aromatic rings. The zero-order chi connectivity index (χ0) is 17.7. The van der Waals surface area contributed by atoms with Crippen LogP contribution in [-0.2, 0) is 6.42 Å². The van der Waals surface area contributed by atoms with Crippen LogP contribution in [0, 0.1) is 23.3 Å². The van der Waals surface area contributed by atoms with Crippen molar-refractivity contribution in [2.45, 2.75) is 26.2 Å². The fourth-order valence-corrected chi connectivity index (χ4v) is 2.09. The molecule has 128 valence electrons. The Morgan fingerprint density at radius 1 is 0.833 bits per heavy atom. The van der Waals surface area contributed by atoms with E-state index in [4.69, 9.17) is 4.74 Å². The van der Waals surface area contributed by atoms with Gasteiger partial charge in [0, 0.05) is 12.1 Å². The Kier molecular flexibility index (Phi) is 5.89. The Balaban J connectivity index is 2.33. The molecule has 0 N–H and O–H groups in total. The number of rotatable bonds is 6. The molecule has 0 aliphatic rings. The van der Waals surface area contributed by atoms with Crippen LogP contribution in [0.5, 0.6) is 5.75 Å². The third-order valence-corrected chi connectivity index (χ3v) is 3.37. The third kappa shape index (κ3) is 4.10. The summed E-state index contributed by atoms with van der Waals surface area (Å²) in [5.41, 5.74) is -0.942.